The largest absolute Gasteiger partial charge is 0.465 e. The number of aromatic nitrogens is 1. The minimum Gasteiger partial charge on any atom is -0.465 e. The molecule has 0 radical (unpaired) electrons. The van der Waals surface area contributed by atoms with E-state index < -0.39 is 18.3 Å². The van der Waals surface area contributed by atoms with E-state index in [-0.39, 0.29) is 39.2 Å². The number of nitrogens with zero attached hydrogens (tertiary/aromatic N) is 3. The lowest BCUT2D eigenvalue weighted by molar-refractivity contribution is 0.0820. The van der Waals surface area contributed by atoms with Gasteiger partial charge in [0.1, 0.15) is 11.6 Å². The standard InChI is InChI=1S/C16H23N3O5S/c1-3-5-13(20)11-18(15(21)22)7-8-19(16(23)24-9-4-2)12-14-17-6-10-25-14/h3-4,6,10,13,20H,1-2,5,7-9,11-12H2,(H,21,22). The molecule has 0 aliphatic rings. The molecule has 8 nitrogen and oxygen atoms in total. The minimum atomic E-state index is -1.17. The van der Waals surface area contributed by atoms with Crippen LogP contribution in [0, 0.1) is 0 Å². The Bertz CT molecular complexity index is 564. The highest BCUT2D eigenvalue weighted by Crippen LogP contribution is 2.10. The summed E-state index contributed by atoms with van der Waals surface area (Å²) in [7, 11) is 0. The van der Waals surface area contributed by atoms with Crippen molar-refractivity contribution in [3.05, 3.63) is 41.9 Å². The van der Waals surface area contributed by atoms with Gasteiger partial charge in [-0.15, -0.1) is 17.9 Å². The van der Waals surface area contributed by atoms with Gasteiger partial charge in [0.05, 0.1) is 19.2 Å². The Morgan fingerprint density at radius 2 is 2.04 bits per heavy atom. The molecule has 0 aliphatic heterocycles. The molecule has 1 heterocycles. The lowest BCUT2D eigenvalue weighted by Gasteiger charge is -2.26. The van der Waals surface area contributed by atoms with Crippen molar-refractivity contribution in [2.24, 2.45) is 0 Å². The Morgan fingerprint density at radius 3 is 2.60 bits per heavy atom. The number of rotatable bonds is 11. The number of thiazole rings is 1. The summed E-state index contributed by atoms with van der Waals surface area (Å²) in [5.74, 6) is 0. The molecule has 138 valence electrons. The fraction of sp³-hybridized carbons (Fsp3) is 0.438. The molecule has 0 aromatic carbocycles. The monoisotopic (exact) mass is 369 g/mol. The predicted molar refractivity (Wildman–Crippen MR) is 94.5 cm³/mol. The highest BCUT2D eigenvalue weighted by molar-refractivity contribution is 7.09. The molecule has 0 aliphatic carbocycles. The zero-order chi connectivity index (χ0) is 18.7. The van der Waals surface area contributed by atoms with Crippen LogP contribution in [0.15, 0.2) is 36.9 Å². The SMILES string of the molecule is C=CCOC(=O)N(CCN(CC(O)CC=C)C(=O)O)Cc1nccs1. The molecule has 25 heavy (non-hydrogen) atoms. The molecule has 1 rings (SSSR count). The summed E-state index contributed by atoms with van der Waals surface area (Å²) in [5, 5.41) is 21.5. The van der Waals surface area contributed by atoms with E-state index in [0.29, 0.717) is 5.01 Å². The van der Waals surface area contributed by atoms with E-state index in [2.05, 4.69) is 18.1 Å². The Labute approximate surface area is 150 Å². The van der Waals surface area contributed by atoms with Crippen molar-refractivity contribution in [2.75, 3.05) is 26.2 Å². The van der Waals surface area contributed by atoms with E-state index >= 15 is 0 Å². The first-order valence-electron chi connectivity index (χ1n) is 7.65. The molecular formula is C16H23N3O5S. The topological polar surface area (TPSA) is 103 Å². The van der Waals surface area contributed by atoms with E-state index in [9.17, 15) is 19.8 Å². The second-order valence-corrected chi connectivity index (χ2v) is 6.10. The first-order chi connectivity index (χ1) is 12.0. The van der Waals surface area contributed by atoms with Crippen LogP contribution in [0.2, 0.25) is 0 Å². The van der Waals surface area contributed by atoms with Crippen LogP contribution >= 0.6 is 11.3 Å². The molecule has 1 aromatic heterocycles. The Morgan fingerprint density at radius 1 is 1.32 bits per heavy atom. The van der Waals surface area contributed by atoms with Crippen LogP contribution in [-0.4, -0.2) is 69.5 Å². The van der Waals surface area contributed by atoms with Crippen LogP contribution < -0.4 is 0 Å². The lowest BCUT2D eigenvalue weighted by Crippen LogP contribution is -2.43. The van der Waals surface area contributed by atoms with E-state index in [1.54, 1.807) is 11.6 Å². The summed E-state index contributed by atoms with van der Waals surface area (Å²) in [6, 6.07) is 0. The van der Waals surface area contributed by atoms with Gasteiger partial charge in [-0.25, -0.2) is 14.6 Å². The molecule has 0 bridgehead atoms. The highest BCUT2D eigenvalue weighted by Gasteiger charge is 2.21. The third kappa shape index (κ3) is 7.81. The van der Waals surface area contributed by atoms with Gasteiger partial charge in [-0.1, -0.05) is 18.7 Å². The molecule has 1 atom stereocenters. The fourth-order valence-electron chi connectivity index (χ4n) is 1.98. The number of aliphatic hydroxyl groups is 1. The van der Waals surface area contributed by atoms with Crippen molar-refractivity contribution in [3.63, 3.8) is 0 Å². The maximum Gasteiger partial charge on any atom is 0.410 e. The average molecular weight is 369 g/mol. The first kappa shape index (κ1) is 20.7. The minimum absolute atomic E-state index is 0.0398. The lowest BCUT2D eigenvalue weighted by atomic mass is 10.2. The summed E-state index contributed by atoms with van der Waals surface area (Å²) < 4.78 is 5.03. The second-order valence-electron chi connectivity index (χ2n) is 5.12. The number of carbonyl (C=O) groups is 2. The number of ether oxygens (including phenoxy) is 1. The molecule has 0 fully saturated rings. The molecule has 1 unspecified atom stereocenters. The normalized spacial score (nSPS) is 11.4. The smallest absolute Gasteiger partial charge is 0.410 e. The van der Waals surface area contributed by atoms with Crippen LogP contribution in [-0.2, 0) is 11.3 Å². The van der Waals surface area contributed by atoms with Crippen molar-refractivity contribution >= 4 is 23.5 Å². The number of amides is 2. The molecular weight excluding hydrogens is 346 g/mol. The van der Waals surface area contributed by atoms with Crippen LogP contribution in [0.25, 0.3) is 0 Å². The summed E-state index contributed by atoms with van der Waals surface area (Å²) in [6.45, 7) is 7.37. The zero-order valence-corrected chi connectivity index (χ0v) is 14.7. The number of carbonyl (C=O) groups excluding carboxylic acids is 1. The molecule has 0 saturated heterocycles. The van der Waals surface area contributed by atoms with Gasteiger partial charge in [0.15, 0.2) is 0 Å². The highest BCUT2D eigenvalue weighted by atomic mass is 32.1. The molecule has 1 aromatic rings. The number of hydrogen-bond acceptors (Lipinski definition) is 6. The number of aliphatic hydroxyl groups excluding tert-OH is 1. The van der Waals surface area contributed by atoms with Gasteiger partial charge in [0.2, 0.25) is 0 Å². The Balaban J connectivity index is 2.69. The third-order valence-corrected chi connectivity index (χ3v) is 3.94. The van der Waals surface area contributed by atoms with Gasteiger partial charge in [-0.05, 0) is 6.42 Å². The van der Waals surface area contributed by atoms with Crippen LogP contribution in [0.4, 0.5) is 9.59 Å². The van der Waals surface area contributed by atoms with E-state index in [4.69, 9.17) is 4.74 Å². The predicted octanol–water partition coefficient (Wildman–Crippen LogP) is 2.18. The molecule has 2 amide bonds. The summed E-state index contributed by atoms with van der Waals surface area (Å²) in [4.78, 5) is 30.0. The Hall–Kier alpha value is -2.39. The van der Waals surface area contributed by atoms with E-state index in [0.717, 1.165) is 4.90 Å². The quantitative estimate of drug-likeness (QED) is 0.580. The fourth-order valence-corrected chi connectivity index (χ4v) is 2.61. The maximum absolute atomic E-state index is 12.1. The molecule has 9 heteroatoms. The van der Waals surface area contributed by atoms with Crippen LogP contribution in [0.3, 0.4) is 0 Å². The summed E-state index contributed by atoms with van der Waals surface area (Å²) in [5.41, 5.74) is 0. The van der Waals surface area contributed by atoms with Gasteiger partial charge >= 0.3 is 12.2 Å². The van der Waals surface area contributed by atoms with Gasteiger partial charge < -0.3 is 19.8 Å². The van der Waals surface area contributed by atoms with Crippen molar-refractivity contribution in [1.29, 1.82) is 0 Å². The molecule has 2 N–H and O–H groups in total. The number of carboxylic acid groups (broad SMARTS) is 1. The third-order valence-electron chi connectivity index (χ3n) is 3.17. The van der Waals surface area contributed by atoms with Crippen molar-refractivity contribution in [2.45, 2.75) is 19.1 Å². The Kier molecular flexibility index (Phi) is 9.26. The molecule has 0 spiro atoms. The zero-order valence-electron chi connectivity index (χ0n) is 13.9. The van der Waals surface area contributed by atoms with Gasteiger partial charge in [-0.3, -0.25) is 4.90 Å². The van der Waals surface area contributed by atoms with Crippen LogP contribution in [0.5, 0.6) is 0 Å². The van der Waals surface area contributed by atoms with E-state index in [1.165, 1.54) is 28.4 Å². The summed E-state index contributed by atoms with van der Waals surface area (Å²) in [6.07, 6.45) is 2.30. The summed E-state index contributed by atoms with van der Waals surface area (Å²) >= 11 is 1.39. The van der Waals surface area contributed by atoms with Gasteiger partial charge in [-0.2, -0.15) is 0 Å². The van der Waals surface area contributed by atoms with Gasteiger partial charge in [0, 0.05) is 24.7 Å². The van der Waals surface area contributed by atoms with Crippen LogP contribution in [0.1, 0.15) is 11.4 Å². The van der Waals surface area contributed by atoms with Crippen molar-refractivity contribution < 1.29 is 24.5 Å². The molecule has 0 saturated carbocycles. The van der Waals surface area contributed by atoms with Crippen molar-refractivity contribution in [3.8, 4) is 0 Å². The maximum atomic E-state index is 12.1. The second kappa shape index (κ2) is 11.2. The van der Waals surface area contributed by atoms with E-state index in [1.807, 2.05) is 0 Å². The van der Waals surface area contributed by atoms with Gasteiger partial charge in [0.25, 0.3) is 0 Å². The number of hydrogen-bond donors (Lipinski definition) is 2. The van der Waals surface area contributed by atoms with Crippen molar-refractivity contribution in [1.82, 2.24) is 14.8 Å². The first-order valence-corrected chi connectivity index (χ1v) is 8.53. The average Bonchev–Trinajstić information content (AvgIpc) is 3.08.